The van der Waals surface area contributed by atoms with Gasteiger partial charge in [0, 0.05) is 20.2 Å². The van der Waals surface area contributed by atoms with E-state index in [4.69, 9.17) is 14.6 Å². The molecule has 0 aliphatic heterocycles. The highest BCUT2D eigenvalue weighted by Gasteiger charge is 2.23. The molecule has 0 aromatic rings. The summed E-state index contributed by atoms with van der Waals surface area (Å²) in [5, 5.41) is 8.81. The van der Waals surface area contributed by atoms with Crippen LogP contribution >= 0.6 is 0 Å². The van der Waals surface area contributed by atoms with Gasteiger partial charge in [-0.15, -0.1) is 0 Å². The predicted molar refractivity (Wildman–Crippen MR) is 70.4 cm³/mol. The third-order valence-electron chi connectivity index (χ3n) is 2.44. The van der Waals surface area contributed by atoms with Gasteiger partial charge >= 0.3 is 18.0 Å². The molecule has 0 aliphatic rings. The van der Waals surface area contributed by atoms with E-state index in [-0.39, 0.29) is 32.8 Å². The number of likely N-dealkylation sites (N-methyl/N-ethyl adjacent to an activating group) is 1. The van der Waals surface area contributed by atoms with Gasteiger partial charge in [0.1, 0.15) is 13.1 Å². The first-order valence-electron chi connectivity index (χ1n) is 6.36. The quantitative estimate of drug-likeness (QED) is 0.602. The van der Waals surface area contributed by atoms with Crippen molar-refractivity contribution in [3.8, 4) is 0 Å². The molecule has 0 unspecified atom stereocenters. The van der Waals surface area contributed by atoms with Gasteiger partial charge < -0.3 is 24.4 Å². The summed E-state index contributed by atoms with van der Waals surface area (Å²) in [4.78, 5) is 36.7. The van der Waals surface area contributed by atoms with Crippen LogP contribution in [0.4, 0.5) is 4.79 Å². The highest BCUT2D eigenvalue weighted by atomic mass is 16.5. The summed E-state index contributed by atoms with van der Waals surface area (Å²) in [5.41, 5.74) is 0. The van der Waals surface area contributed by atoms with Crippen LogP contribution < -0.4 is 0 Å². The predicted octanol–water partition coefficient (Wildman–Crippen LogP) is 0.0244. The van der Waals surface area contributed by atoms with Crippen LogP contribution in [0.5, 0.6) is 0 Å². The Morgan fingerprint density at radius 3 is 2.20 bits per heavy atom. The molecule has 1 N–H and O–H groups in total. The Balaban J connectivity index is 4.70. The first-order valence-corrected chi connectivity index (χ1v) is 6.36. The number of carbonyl (C=O) groups is 3. The average Bonchev–Trinajstić information content (AvgIpc) is 2.40. The van der Waals surface area contributed by atoms with E-state index in [1.807, 2.05) is 0 Å². The van der Waals surface area contributed by atoms with Gasteiger partial charge in [-0.3, -0.25) is 9.59 Å². The van der Waals surface area contributed by atoms with E-state index in [0.29, 0.717) is 0 Å². The Hall–Kier alpha value is -1.83. The molecule has 0 heterocycles. The number of carbonyl (C=O) groups excluding carboxylic acids is 2. The molecule has 8 heteroatoms. The second kappa shape index (κ2) is 10.0. The second-order valence-electron chi connectivity index (χ2n) is 3.91. The van der Waals surface area contributed by atoms with Crippen molar-refractivity contribution < 1.29 is 29.0 Å². The number of ether oxygens (including phenoxy) is 2. The number of carboxylic acids is 1. The average molecular weight is 290 g/mol. The zero-order chi connectivity index (χ0) is 15.5. The van der Waals surface area contributed by atoms with Gasteiger partial charge in [0.25, 0.3) is 0 Å². The lowest BCUT2D eigenvalue weighted by atomic mass is 10.4. The molecule has 0 spiro atoms. The summed E-state index contributed by atoms with van der Waals surface area (Å²) >= 11 is 0. The molecule has 20 heavy (non-hydrogen) atoms. The molecule has 0 aromatic heterocycles. The number of nitrogens with zero attached hydrogens (tertiary/aromatic N) is 2. The Morgan fingerprint density at radius 1 is 1.10 bits per heavy atom. The van der Waals surface area contributed by atoms with E-state index in [2.05, 4.69) is 0 Å². The number of amides is 2. The van der Waals surface area contributed by atoms with Crippen molar-refractivity contribution in [1.82, 2.24) is 9.80 Å². The lowest BCUT2D eigenvalue weighted by Gasteiger charge is -2.28. The highest BCUT2D eigenvalue weighted by molar-refractivity contribution is 5.83. The summed E-state index contributed by atoms with van der Waals surface area (Å²) in [6.45, 7) is 3.59. The van der Waals surface area contributed by atoms with Gasteiger partial charge in [0.2, 0.25) is 0 Å². The van der Waals surface area contributed by atoms with Crippen LogP contribution in [0.1, 0.15) is 13.8 Å². The van der Waals surface area contributed by atoms with E-state index in [1.54, 1.807) is 13.8 Å². The number of rotatable bonds is 9. The number of urea groups is 1. The van der Waals surface area contributed by atoms with Gasteiger partial charge in [-0.1, -0.05) is 0 Å². The van der Waals surface area contributed by atoms with Gasteiger partial charge in [-0.2, -0.15) is 0 Å². The standard InChI is InChI=1S/C12H22N2O6/c1-4-13(9-11(17)20-5-2)12(18)14(6-7-19-3)8-10(15)16/h4-9H2,1-3H3,(H,15,16). The third-order valence-corrected chi connectivity index (χ3v) is 2.44. The van der Waals surface area contributed by atoms with E-state index in [0.717, 1.165) is 4.90 Å². The van der Waals surface area contributed by atoms with Crippen molar-refractivity contribution >= 4 is 18.0 Å². The molecule has 0 bridgehead atoms. The maximum Gasteiger partial charge on any atom is 0.325 e. The van der Waals surface area contributed by atoms with Crippen molar-refractivity contribution in [1.29, 1.82) is 0 Å². The maximum atomic E-state index is 12.2. The molecule has 0 rings (SSSR count). The number of esters is 1. The highest BCUT2D eigenvalue weighted by Crippen LogP contribution is 2.01. The van der Waals surface area contributed by atoms with Crippen LogP contribution in [0.2, 0.25) is 0 Å². The Morgan fingerprint density at radius 2 is 1.75 bits per heavy atom. The molecule has 0 aromatic carbocycles. The minimum absolute atomic E-state index is 0.140. The fraction of sp³-hybridized carbons (Fsp3) is 0.750. The lowest BCUT2D eigenvalue weighted by molar-refractivity contribution is -0.143. The minimum atomic E-state index is -1.12. The summed E-state index contributed by atoms with van der Waals surface area (Å²) in [6.07, 6.45) is 0. The van der Waals surface area contributed by atoms with Crippen LogP contribution in [0, 0.1) is 0 Å². The summed E-state index contributed by atoms with van der Waals surface area (Å²) < 4.78 is 9.61. The number of aliphatic carboxylic acids is 1. The molecule has 0 radical (unpaired) electrons. The summed E-state index contributed by atoms with van der Waals surface area (Å²) in [5.74, 6) is -1.65. The molecule has 0 fully saturated rings. The van der Waals surface area contributed by atoms with Crippen LogP contribution in [-0.2, 0) is 19.1 Å². The Labute approximate surface area is 118 Å². The molecular weight excluding hydrogens is 268 g/mol. The van der Waals surface area contributed by atoms with Crippen molar-refractivity contribution in [3.63, 3.8) is 0 Å². The molecule has 0 saturated carbocycles. The van der Waals surface area contributed by atoms with Gasteiger partial charge in [-0.25, -0.2) is 4.79 Å². The largest absolute Gasteiger partial charge is 0.480 e. The SMILES string of the molecule is CCOC(=O)CN(CC)C(=O)N(CCOC)CC(=O)O. The lowest BCUT2D eigenvalue weighted by Crippen LogP contribution is -2.48. The first kappa shape index (κ1) is 18.2. The van der Waals surface area contributed by atoms with Crippen LogP contribution in [0.25, 0.3) is 0 Å². The van der Waals surface area contributed by atoms with Crippen molar-refractivity contribution in [2.45, 2.75) is 13.8 Å². The second-order valence-corrected chi connectivity index (χ2v) is 3.91. The number of hydrogen-bond donors (Lipinski definition) is 1. The number of methoxy groups -OCH3 is 1. The van der Waals surface area contributed by atoms with Crippen molar-refractivity contribution in [2.24, 2.45) is 0 Å². The van der Waals surface area contributed by atoms with Crippen molar-refractivity contribution in [3.05, 3.63) is 0 Å². The summed E-state index contributed by atoms with van der Waals surface area (Å²) in [7, 11) is 1.46. The molecule has 0 atom stereocenters. The molecule has 2 amide bonds. The van der Waals surface area contributed by atoms with Crippen molar-refractivity contribution in [2.75, 3.05) is 46.5 Å². The zero-order valence-corrected chi connectivity index (χ0v) is 12.1. The maximum absolute atomic E-state index is 12.2. The molecule has 0 saturated heterocycles. The Kier molecular flexibility index (Phi) is 9.10. The number of carboxylic acid groups (broad SMARTS) is 1. The normalized spacial score (nSPS) is 9.95. The van der Waals surface area contributed by atoms with Gasteiger partial charge in [-0.05, 0) is 13.8 Å². The van der Waals surface area contributed by atoms with Gasteiger partial charge in [0.05, 0.1) is 13.2 Å². The van der Waals surface area contributed by atoms with E-state index in [1.165, 1.54) is 12.0 Å². The van der Waals surface area contributed by atoms with Crippen LogP contribution in [0.3, 0.4) is 0 Å². The fourth-order valence-corrected chi connectivity index (χ4v) is 1.48. The van der Waals surface area contributed by atoms with E-state index < -0.39 is 24.5 Å². The van der Waals surface area contributed by atoms with Crippen LogP contribution in [-0.4, -0.2) is 79.4 Å². The van der Waals surface area contributed by atoms with E-state index in [9.17, 15) is 14.4 Å². The molecule has 116 valence electrons. The third kappa shape index (κ3) is 6.93. The smallest absolute Gasteiger partial charge is 0.325 e. The fourth-order valence-electron chi connectivity index (χ4n) is 1.48. The molecule has 0 aliphatic carbocycles. The van der Waals surface area contributed by atoms with Crippen LogP contribution in [0.15, 0.2) is 0 Å². The molecular formula is C12H22N2O6. The number of hydrogen-bond acceptors (Lipinski definition) is 5. The van der Waals surface area contributed by atoms with E-state index >= 15 is 0 Å². The minimum Gasteiger partial charge on any atom is -0.480 e. The summed E-state index contributed by atoms with van der Waals surface area (Å²) in [6, 6.07) is -0.528. The monoisotopic (exact) mass is 290 g/mol. The zero-order valence-electron chi connectivity index (χ0n) is 12.1. The Bertz CT molecular complexity index is 334. The molecule has 8 nitrogen and oxygen atoms in total. The topological polar surface area (TPSA) is 96.4 Å². The first-order chi connectivity index (χ1) is 9.46. The van der Waals surface area contributed by atoms with Gasteiger partial charge in [0.15, 0.2) is 0 Å².